The van der Waals surface area contributed by atoms with Crippen molar-refractivity contribution in [3.8, 4) is 0 Å². The van der Waals surface area contributed by atoms with E-state index in [0.29, 0.717) is 6.42 Å². The summed E-state index contributed by atoms with van der Waals surface area (Å²) >= 11 is 0. The van der Waals surface area contributed by atoms with Crippen LogP contribution in [0.1, 0.15) is 85.5 Å². The maximum absolute atomic E-state index is 11.0. The van der Waals surface area contributed by atoms with Crippen molar-refractivity contribution in [2.24, 2.45) is 0 Å². The van der Waals surface area contributed by atoms with Gasteiger partial charge in [0.2, 0.25) is 0 Å². The number of rotatable bonds is 15. The van der Waals surface area contributed by atoms with Crippen molar-refractivity contribution in [2.75, 3.05) is 7.11 Å². The molecule has 0 aliphatic heterocycles. The maximum atomic E-state index is 11.0. The van der Waals surface area contributed by atoms with Crippen molar-refractivity contribution in [3.63, 3.8) is 0 Å². The maximum Gasteiger partial charge on any atom is 0.305 e. The third-order valence-corrected chi connectivity index (χ3v) is 10.1. The first-order chi connectivity index (χ1) is 13.6. The van der Waals surface area contributed by atoms with Crippen LogP contribution < -0.4 is 0 Å². The van der Waals surface area contributed by atoms with E-state index >= 15 is 0 Å². The highest BCUT2D eigenvalue weighted by molar-refractivity contribution is 6.74. The van der Waals surface area contributed by atoms with Gasteiger partial charge in [0, 0.05) is 6.42 Å². The largest absolute Gasteiger partial charge is 0.469 e. The Bertz CT molecular complexity index is 513. The molecule has 0 saturated heterocycles. The van der Waals surface area contributed by atoms with Crippen LogP contribution in [0.4, 0.5) is 0 Å². The number of hydrogen-bond acceptors (Lipinski definition) is 3. The minimum absolute atomic E-state index is 0.0922. The fourth-order valence-electron chi connectivity index (χ4n) is 2.68. The lowest BCUT2D eigenvalue weighted by molar-refractivity contribution is -0.140. The minimum atomic E-state index is -1.68. The predicted octanol–water partition coefficient (Wildman–Crippen LogP) is 7.75. The molecule has 0 heterocycles. The van der Waals surface area contributed by atoms with Crippen molar-refractivity contribution in [1.29, 1.82) is 0 Å². The Morgan fingerprint density at radius 2 is 1.45 bits per heavy atom. The predicted molar refractivity (Wildman–Crippen MR) is 129 cm³/mol. The van der Waals surface area contributed by atoms with E-state index in [1.54, 1.807) is 0 Å². The number of carbonyl (C=O) groups excluding carboxylic acids is 1. The van der Waals surface area contributed by atoms with Gasteiger partial charge in [0.15, 0.2) is 8.32 Å². The van der Waals surface area contributed by atoms with Crippen molar-refractivity contribution in [2.45, 2.75) is 110 Å². The van der Waals surface area contributed by atoms with E-state index in [4.69, 9.17) is 4.43 Å². The second-order valence-corrected chi connectivity index (χ2v) is 14.1. The van der Waals surface area contributed by atoms with Gasteiger partial charge < -0.3 is 9.16 Å². The number of methoxy groups -OCH3 is 1. The molecule has 168 valence electrons. The molecule has 0 radical (unpaired) electrons. The number of ether oxygens (including phenoxy) is 1. The lowest BCUT2D eigenvalue weighted by Gasteiger charge is -2.37. The lowest BCUT2D eigenvalue weighted by atomic mass is 10.1. The minimum Gasteiger partial charge on any atom is -0.469 e. The van der Waals surface area contributed by atoms with E-state index in [2.05, 4.69) is 82.0 Å². The zero-order valence-corrected chi connectivity index (χ0v) is 21.1. The normalized spacial score (nSPS) is 14.3. The molecular formula is C25H46O3Si. The monoisotopic (exact) mass is 422 g/mol. The van der Waals surface area contributed by atoms with Crippen molar-refractivity contribution in [3.05, 3.63) is 36.5 Å². The Hall–Kier alpha value is -1.13. The van der Waals surface area contributed by atoms with Crippen LogP contribution in [0.3, 0.4) is 0 Å². The SMILES string of the molecule is COC(=O)CCCCCCC/C=C\C/C=C\C/C=C\[C@H](C)O[Si](C)(C)C(C)(C)C. The van der Waals surface area contributed by atoms with Gasteiger partial charge in [-0.3, -0.25) is 4.79 Å². The van der Waals surface area contributed by atoms with E-state index in [1.807, 2.05) is 0 Å². The van der Waals surface area contributed by atoms with Crippen molar-refractivity contribution >= 4 is 14.3 Å². The Morgan fingerprint density at radius 1 is 0.897 bits per heavy atom. The molecule has 0 aliphatic rings. The quantitative estimate of drug-likeness (QED) is 0.117. The van der Waals surface area contributed by atoms with Gasteiger partial charge in [-0.15, -0.1) is 0 Å². The van der Waals surface area contributed by atoms with Gasteiger partial charge in [0.05, 0.1) is 13.2 Å². The van der Waals surface area contributed by atoms with Gasteiger partial charge >= 0.3 is 5.97 Å². The van der Waals surface area contributed by atoms with Gasteiger partial charge in [-0.05, 0) is 57.2 Å². The molecule has 0 bridgehead atoms. The number of hydrogen-bond donors (Lipinski definition) is 0. The van der Waals surface area contributed by atoms with Crippen LogP contribution >= 0.6 is 0 Å². The average molecular weight is 423 g/mol. The van der Waals surface area contributed by atoms with E-state index in [1.165, 1.54) is 26.4 Å². The number of carbonyl (C=O) groups is 1. The van der Waals surface area contributed by atoms with Crippen LogP contribution in [0, 0.1) is 0 Å². The topological polar surface area (TPSA) is 35.5 Å². The van der Waals surface area contributed by atoms with Crippen molar-refractivity contribution < 1.29 is 14.0 Å². The number of allylic oxidation sites excluding steroid dienone is 5. The molecule has 0 aromatic rings. The Kier molecular flexibility index (Phi) is 15.1. The molecule has 0 aromatic heterocycles. The van der Waals surface area contributed by atoms with Gasteiger partial charge in [0.25, 0.3) is 0 Å². The van der Waals surface area contributed by atoms with E-state index < -0.39 is 8.32 Å². The highest BCUT2D eigenvalue weighted by Crippen LogP contribution is 2.37. The molecule has 0 N–H and O–H groups in total. The van der Waals surface area contributed by atoms with Gasteiger partial charge in [-0.25, -0.2) is 0 Å². The molecule has 0 spiro atoms. The smallest absolute Gasteiger partial charge is 0.305 e. The van der Waals surface area contributed by atoms with Crippen LogP contribution in [0.25, 0.3) is 0 Å². The fourth-order valence-corrected chi connectivity index (χ4v) is 4.04. The number of esters is 1. The first-order valence-electron chi connectivity index (χ1n) is 11.3. The van der Waals surface area contributed by atoms with Gasteiger partial charge in [-0.2, -0.15) is 0 Å². The molecule has 0 fully saturated rings. The number of unbranched alkanes of at least 4 members (excludes halogenated alkanes) is 5. The molecule has 0 aliphatic carbocycles. The molecule has 0 saturated carbocycles. The molecule has 0 aromatic carbocycles. The first kappa shape index (κ1) is 27.9. The third kappa shape index (κ3) is 15.4. The van der Waals surface area contributed by atoms with Crippen molar-refractivity contribution in [1.82, 2.24) is 0 Å². The van der Waals surface area contributed by atoms with Crippen LogP contribution in [0.5, 0.6) is 0 Å². The van der Waals surface area contributed by atoms with E-state index in [0.717, 1.165) is 32.1 Å². The van der Waals surface area contributed by atoms with Crippen LogP contribution in [-0.2, 0) is 14.0 Å². The summed E-state index contributed by atoms with van der Waals surface area (Å²) in [5, 5.41) is 0.256. The van der Waals surface area contributed by atoms with Gasteiger partial charge in [0.1, 0.15) is 0 Å². The molecule has 3 nitrogen and oxygen atoms in total. The Morgan fingerprint density at radius 3 is 2.07 bits per heavy atom. The van der Waals surface area contributed by atoms with E-state index in [-0.39, 0.29) is 17.1 Å². The summed E-state index contributed by atoms with van der Waals surface area (Å²) in [5.74, 6) is -0.0922. The lowest BCUT2D eigenvalue weighted by Crippen LogP contribution is -2.42. The molecule has 1 atom stereocenters. The summed E-state index contributed by atoms with van der Waals surface area (Å²) in [6.07, 6.45) is 23.0. The second-order valence-electron chi connectivity index (χ2n) is 9.31. The highest BCUT2D eigenvalue weighted by atomic mass is 28.4. The zero-order chi connectivity index (χ0) is 22.2. The van der Waals surface area contributed by atoms with E-state index in [9.17, 15) is 4.79 Å². The third-order valence-electron chi connectivity index (χ3n) is 5.55. The molecule has 29 heavy (non-hydrogen) atoms. The molecule has 0 unspecified atom stereocenters. The second kappa shape index (κ2) is 15.7. The first-order valence-corrected chi connectivity index (χ1v) is 14.2. The Labute approximate surface area is 181 Å². The van der Waals surface area contributed by atoms with Crippen LogP contribution in [0.15, 0.2) is 36.5 Å². The summed E-state index contributed by atoms with van der Waals surface area (Å²) in [4.78, 5) is 11.0. The fraction of sp³-hybridized carbons (Fsp3) is 0.720. The molecule has 0 amide bonds. The molecule has 0 rings (SSSR count). The Balaban J connectivity index is 3.71. The summed E-state index contributed by atoms with van der Waals surface area (Å²) in [6, 6.07) is 0. The van der Waals surface area contributed by atoms with Gasteiger partial charge in [-0.1, -0.05) is 76.5 Å². The zero-order valence-electron chi connectivity index (χ0n) is 20.1. The van der Waals surface area contributed by atoms with Crippen LogP contribution in [0.2, 0.25) is 18.1 Å². The average Bonchev–Trinajstić information content (AvgIpc) is 2.63. The summed E-state index contributed by atoms with van der Waals surface area (Å²) < 4.78 is 11.0. The molecular weight excluding hydrogens is 376 g/mol. The summed E-state index contributed by atoms with van der Waals surface area (Å²) in [5.41, 5.74) is 0. The summed E-state index contributed by atoms with van der Waals surface area (Å²) in [6.45, 7) is 13.6. The highest BCUT2D eigenvalue weighted by Gasteiger charge is 2.37. The summed E-state index contributed by atoms with van der Waals surface area (Å²) in [7, 11) is -0.227. The molecule has 4 heteroatoms. The standard InChI is InChI=1S/C25H46O3Si/c1-23(28-29(6,7)25(2,3)4)21-19-17-15-13-11-9-8-10-12-14-16-18-20-22-24(26)27-5/h8-9,13,15,19,21,23H,10-12,14,16-18,20,22H2,1-7H3/b9-8-,15-13-,21-19-/t23-/m0/s1. The van der Waals surface area contributed by atoms with Crippen LogP contribution in [-0.4, -0.2) is 27.5 Å².